The number of carbonyl (C=O) groups excluding carboxylic acids is 2. The van der Waals surface area contributed by atoms with E-state index in [9.17, 15) is 9.59 Å². The number of hydrogen-bond acceptors (Lipinski definition) is 3. The van der Waals surface area contributed by atoms with E-state index in [0.717, 1.165) is 0 Å². The van der Waals surface area contributed by atoms with Crippen LogP contribution in [0.3, 0.4) is 0 Å². The van der Waals surface area contributed by atoms with Gasteiger partial charge in [0.1, 0.15) is 10.6 Å². The van der Waals surface area contributed by atoms with Gasteiger partial charge in [0.2, 0.25) is 11.6 Å². The molecule has 0 aliphatic rings. The highest BCUT2D eigenvalue weighted by Crippen LogP contribution is 2.31. The maximum Gasteiger partial charge on any atom is 0.230 e. The smallest absolute Gasteiger partial charge is 0.230 e. The van der Waals surface area contributed by atoms with E-state index >= 15 is 0 Å². The summed E-state index contributed by atoms with van der Waals surface area (Å²) in [6, 6.07) is 13.3. The Labute approximate surface area is 136 Å². The van der Waals surface area contributed by atoms with Gasteiger partial charge in [-0.2, -0.15) is 0 Å². The lowest BCUT2D eigenvalue weighted by Gasteiger charge is -2.10. The van der Waals surface area contributed by atoms with Crippen LogP contribution in [0.25, 0.3) is 0 Å². The maximum absolute atomic E-state index is 12.3. The molecule has 0 amide bonds. The normalized spacial score (nSPS) is 11.8. The van der Waals surface area contributed by atoms with Gasteiger partial charge in [0.05, 0.1) is 7.11 Å². The predicted molar refractivity (Wildman–Crippen MR) is 85.5 cm³/mol. The molecular formula is C16H12BrClO3. The van der Waals surface area contributed by atoms with Gasteiger partial charge in [-0.3, -0.25) is 9.59 Å². The monoisotopic (exact) mass is 366 g/mol. The summed E-state index contributed by atoms with van der Waals surface area (Å²) in [5, 5.41) is 0.440. The van der Waals surface area contributed by atoms with Crippen LogP contribution in [0.1, 0.15) is 20.7 Å². The lowest BCUT2D eigenvalue weighted by molar-refractivity contribution is -0.114. The van der Waals surface area contributed by atoms with Gasteiger partial charge in [0.15, 0.2) is 0 Å². The Morgan fingerprint density at radius 3 is 2.29 bits per heavy atom. The molecule has 5 heteroatoms. The van der Waals surface area contributed by atoms with Crippen LogP contribution >= 0.6 is 27.5 Å². The van der Waals surface area contributed by atoms with E-state index in [-0.39, 0.29) is 0 Å². The minimum absolute atomic E-state index is 0.317. The first-order valence-corrected chi connectivity index (χ1v) is 7.45. The summed E-state index contributed by atoms with van der Waals surface area (Å²) < 4.78 is 5.02. The zero-order valence-corrected chi connectivity index (χ0v) is 13.5. The molecule has 0 aliphatic heterocycles. The molecule has 0 saturated heterocycles. The molecule has 21 heavy (non-hydrogen) atoms. The highest BCUT2D eigenvalue weighted by Gasteiger charge is 2.26. The van der Waals surface area contributed by atoms with Crippen LogP contribution in [0.5, 0.6) is 5.75 Å². The number of methoxy groups -OCH3 is 1. The Morgan fingerprint density at radius 2 is 1.71 bits per heavy atom. The number of ketones is 2. The largest absolute Gasteiger partial charge is 0.497 e. The number of alkyl halides is 1. The van der Waals surface area contributed by atoms with Crippen LogP contribution in [0.2, 0.25) is 5.02 Å². The number of Topliss-reactive ketones (excluding diaryl/α,β-unsaturated/α-hetero) is 2. The highest BCUT2D eigenvalue weighted by atomic mass is 79.9. The van der Waals surface area contributed by atoms with Gasteiger partial charge in [-0.05, 0) is 35.9 Å². The fraction of sp³-hybridized carbons (Fsp3) is 0.125. The summed E-state index contributed by atoms with van der Waals surface area (Å²) >= 11 is 9.29. The molecule has 0 saturated carbocycles. The molecule has 0 radical (unpaired) electrons. The van der Waals surface area contributed by atoms with E-state index in [1.165, 1.54) is 7.11 Å². The molecule has 0 bridgehead atoms. The zero-order valence-electron chi connectivity index (χ0n) is 11.2. The van der Waals surface area contributed by atoms with Crippen LogP contribution in [-0.2, 0) is 4.79 Å². The molecule has 0 aromatic heterocycles. The molecule has 108 valence electrons. The van der Waals surface area contributed by atoms with Crippen molar-refractivity contribution in [3.05, 3.63) is 64.7 Å². The first kappa shape index (κ1) is 15.7. The van der Waals surface area contributed by atoms with Crippen LogP contribution in [-0.4, -0.2) is 18.7 Å². The third-order valence-corrected chi connectivity index (χ3v) is 4.24. The SMILES string of the molecule is COc1ccc(C(=O)C(=O)C(Br)c2ccccc2Cl)cc1. The second-order valence-corrected chi connectivity index (χ2v) is 5.63. The summed E-state index contributed by atoms with van der Waals surface area (Å²) in [6.07, 6.45) is 0. The average molecular weight is 368 g/mol. The van der Waals surface area contributed by atoms with Crippen molar-refractivity contribution in [3.8, 4) is 5.75 Å². The molecule has 0 spiro atoms. The van der Waals surface area contributed by atoms with Crippen molar-refractivity contribution in [2.45, 2.75) is 4.83 Å². The average Bonchev–Trinajstić information content (AvgIpc) is 2.53. The van der Waals surface area contributed by atoms with Crippen LogP contribution < -0.4 is 4.74 Å². The number of hydrogen-bond donors (Lipinski definition) is 0. The molecule has 0 heterocycles. The van der Waals surface area contributed by atoms with Crippen molar-refractivity contribution in [2.24, 2.45) is 0 Å². The molecule has 1 unspecified atom stereocenters. The lowest BCUT2D eigenvalue weighted by atomic mass is 10.0. The second kappa shape index (κ2) is 6.87. The van der Waals surface area contributed by atoms with E-state index in [1.807, 2.05) is 0 Å². The van der Waals surface area contributed by atoms with Crippen molar-refractivity contribution in [1.29, 1.82) is 0 Å². The van der Waals surface area contributed by atoms with E-state index < -0.39 is 16.4 Å². The van der Waals surface area contributed by atoms with Crippen molar-refractivity contribution in [2.75, 3.05) is 7.11 Å². The van der Waals surface area contributed by atoms with Crippen LogP contribution in [0, 0.1) is 0 Å². The Kier molecular flexibility index (Phi) is 5.15. The summed E-state index contributed by atoms with van der Waals surface area (Å²) in [5.74, 6) is -0.506. The van der Waals surface area contributed by atoms with Gasteiger partial charge in [-0.25, -0.2) is 0 Å². The van der Waals surface area contributed by atoms with E-state index in [0.29, 0.717) is 21.9 Å². The predicted octanol–water partition coefficient (Wildman–Crippen LogP) is 4.24. The molecule has 1 atom stereocenters. The number of rotatable bonds is 5. The third kappa shape index (κ3) is 3.52. The molecule has 2 aromatic carbocycles. The van der Waals surface area contributed by atoms with Gasteiger partial charge < -0.3 is 4.74 Å². The quantitative estimate of drug-likeness (QED) is 0.451. The van der Waals surface area contributed by atoms with E-state index in [4.69, 9.17) is 16.3 Å². The first-order valence-electron chi connectivity index (χ1n) is 6.15. The Morgan fingerprint density at radius 1 is 1.10 bits per heavy atom. The van der Waals surface area contributed by atoms with Crippen LogP contribution in [0.4, 0.5) is 0 Å². The molecule has 0 N–H and O–H groups in total. The minimum Gasteiger partial charge on any atom is -0.497 e. The Hall–Kier alpha value is -1.65. The first-order chi connectivity index (χ1) is 10.0. The number of benzene rings is 2. The lowest BCUT2D eigenvalue weighted by Crippen LogP contribution is -2.19. The summed E-state index contributed by atoms with van der Waals surface area (Å²) in [4.78, 5) is 23.7. The van der Waals surface area contributed by atoms with E-state index in [1.54, 1.807) is 48.5 Å². The molecule has 0 aliphatic carbocycles. The molecular weight excluding hydrogens is 356 g/mol. The standard InChI is InChI=1S/C16H12BrClO3/c1-21-11-8-6-10(7-9-11)15(19)16(20)14(17)12-4-2-3-5-13(12)18/h2-9,14H,1H3. The second-order valence-electron chi connectivity index (χ2n) is 4.31. The summed E-state index contributed by atoms with van der Waals surface area (Å²) in [6.45, 7) is 0. The zero-order chi connectivity index (χ0) is 15.4. The van der Waals surface area contributed by atoms with Crippen molar-refractivity contribution >= 4 is 39.1 Å². The molecule has 2 rings (SSSR count). The van der Waals surface area contributed by atoms with E-state index in [2.05, 4.69) is 15.9 Å². The Bertz CT molecular complexity index is 667. The van der Waals surface area contributed by atoms with Gasteiger partial charge in [-0.15, -0.1) is 0 Å². The van der Waals surface area contributed by atoms with Gasteiger partial charge in [0, 0.05) is 10.6 Å². The third-order valence-electron chi connectivity index (χ3n) is 2.98. The minimum atomic E-state index is -0.763. The maximum atomic E-state index is 12.3. The fourth-order valence-corrected chi connectivity index (χ4v) is 2.81. The topological polar surface area (TPSA) is 43.4 Å². The van der Waals surface area contributed by atoms with Gasteiger partial charge >= 0.3 is 0 Å². The molecule has 3 nitrogen and oxygen atoms in total. The fourth-order valence-electron chi connectivity index (χ4n) is 1.82. The van der Waals surface area contributed by atoms with Crippen molar-refractivity contribution in [1.82, 2.24) is 0 Å². The van der Waals surface area contributed by atoms with Crippen molar-refractivity contribution < 1.29 is 14.3 Å². The summed E-state index contributed by atoms with van der Waals surface area (Å²) in [7, 11) is 1.54. The highest BCUT2D eigenvalue weighted by molar-refractivity contribution is 9.09. The number of ether oxygens (including phenoxy) is 1. The van der Waals surface area contributed by atoms with Crippen molar-refractivity contribution in [3.63, 3.8) is 0 Å². The van der Waals surface area contributed by atoms with Crippen LogP contribution in [0.15, 0.2) is 48.5 Å². The summed E-state index contributed by atoms with van der Waals surface area (Å²) in [5.41, 5.74) is 0.892. The number of halogens is 2. The van der Waals surface area contributed by atoms with Gasteiger partial charge in [0.25, 0.3) is 0 Å². The number of carbonyl (C=O) groups is 2. The molecule has 0 fully saturated rings. The van der Waals surface area contributed by atoms with Gasteiger partial charge in [-0.1, -0.05) is 45.7 Å². The Balaban J connectivity index is 2.22. The molecule has 2 aromatic rings.